The zero-order valence-corrected chi connectivity index (χ0v) is 11.3. The van der Waals surface area contributed by atoms with Gasteiger partial charge >= 0.3 is 0 Å². The summed E-state index contributed by atoms with van der Waals surface area (Å²) >= 11 is 0. The lowest BCUT2D eigenvalue weighted by atomic mass is 9.99. The van der Waals surface area contributed by atoms with Crippen LogP contribution in [0, 0.1) is 13.8 Å². The zero-order chi connectivity index (χ0) is 13.0. The van der Waals surface area contributed by atoms with Crippen LogP contribution in [-0.2, 0) is 0 Å². The third kappa shape index (κ3) is 3.22. The first-order valence-corrected chi connectivity index (χ1v) is 6.70. The monoisotopic (exact) mass is 243 g/mol. The average molecular weight is 243 g/mol. The molecule has 0 aliphatic heterocycles. The van der Waals surface area contributed by atoms with Gasteiger partial charge in [0, 0.05) is 12.1 Å². The summed E-state index contributed by atoms with van der Waals surface area (Å²) < 4.78 is 0. The van der Waals surface area contributed by atoms with Crippen LogP contribution in [0.3, 0.4) is 0 Å². The van der Waals surface area contributed by atoms with Crippen molar-refractivity contribution in [1.29, 1.82) is 0 Å². The molecule has 2 nitrogen and oxygen atoms in total. The second-order valence-corrected chi connectivity index (χ2v) is 5.11. The molecule has 0 saturated carbocycles. The highest BCUT2D eigenvalue weighted by atomic mass is 16.1. The molecule has 1 amide bonds. The molecule has 0 unspecified atom stereocenters. The summed E-state index contributed by atoms with van der Waals surface area (Å²) in [6, 6.07) is 6.00. The Kier molecular flexibility index (Phi) is 4.19. The molecular formula is C16H21NO. The number of carbonyl (C=O) groups excluding carboxylic acids is 1. The number of carbonyl (C=O) groups is 1. The number of hydrogen-bond acceptors (Lipinski definition) is 1. The Morgan fingerprint density at radius 3 is 2.83 bits per heavy atom. The van der Waals surface area contributed by atoms with Gasteiger partial charge in [-0.2, -0.15) is 0 Å². The number of nitrogens with one attached hydrogen (secondary N) is 1. The van der Waals surface area contributed by atoms with E-state index in [9.17, 15) is 4.79 Å². The summed E-state index contributed by atoms with van der Waals surface area (Å²) in [5.74, 6) is 0.0441. The molecule has 0 aromatic heterocycles. The first-order valence-electron chi connectivity index (χ1n) is 6.70. The number of amides is 1. The maximum absolute atomic E-state index is 12.1. The smallest absolute Gasteiger partial charge is 0.251 e. The predicted molar refractivity (Wildman–Crippen MR) is 74.8 cm³/mol. The van der Waals surface area contributed by atoms with Gasteiger partial charge in [0.2, 0.25) is 0 Å². The van der Waals surface area contributed by atoms with Crippen LogP contribution in [-0.4, -0.2) is 12.5 Å². The third-order valence-corrected chi connectivity index (χ3v) is 3.50. The van der Waals surface area contributed by atoms with E-state index in [1.165, 1.54) is 18.4 Å². The van der Waals surface area contributed by atoms with Gasteiger partial charge < -0.3 is 5.32 Å². The molecule has 0 atom stereocenters. The zero-order valence-electron chi connectivity index (χ0n) is 11.3. The minimum atomic E-state index is 0.0441. The topological polar surface area (TPSA) is 29.1 Å². The van der Waals surface area contributed by atoms with Crippen LogP contribution in [0.1, 0.15) is 47.2 Å². The number of rotatable bonds is 3. The van der Waals surface area contributed by atoms with Crippen molar-refractivity contribution in [1.82, 2.24) is 5.32 Å². The van der Waals surface area contributed by atoms with Gasteiger partial charge in [-0.1, -0.05) is 29.3 Å². The van der Waals surface area contributed by atoms with Crippen molar-refractivity contribution in [3.05, 3.63) is 46.5 Å². The first kappa shape index (κ1) is 12.9. The Hall–Kier alpha value is -1.57. The van der Waals surface area contributed by atoms with Crippen molar-refractivity contribution < 1.29 is 4.79 Å². The van der Waals surface area contributed by atoms with Crippen LogP contribution in [0.25, 0.3) is 0 Å². The van der Waals surface area contributed by atoms with Crippen molar-refractivity contribution in [2.24, 2.45) is 0 Å². The largest absolute Gasteiger partial charge is 0.348 e. The second kappa shape index (κ2) is 5.85. The molecule has 2 heteroatoms. The average Bonchev–Trinajstić information content (AvgIpc) is 2.40. The Labute approximate surface area is 109 Å². The fourth-order valence-corrected chi connectivity index (χ4v) is 2.33. The molecule has 1 N–H and O–H groups in total. The molecule has 0 fully saturated rings. The molecule has 0 saturated heterocycles. The summed E-state index contributed by atoms with van der Waals surface area (Å²) in [7, 11) is 0. The fraction of sp³-hybridized carbons (Fsp3) is 0.438. The van der Waals surface area contributed by atoms with Crippen LogP contribution < -0.4 is 5.32 Å². The maximum atomic E-state index is 12.1. The van der Waals surface area contributed by atoms with Crippen LogP contribution in [0.5, 0.6) is 0 Å². The molecule has 0 heterocycles. The molecule has 18 heavy (non-hydrogen) atoms. The highest BCUT2D eigenvalue weighted by molar-refractivity contribution is 5.95. The van der Waals surface area contributed by atoms with Gasteiger partial charge in [0.1, 0.15) is 0 Å². The lowest BCUT2D eigenvalue weighted by Gasteiger charge is -2.14. The lowest BCUT2D eigenvalue weighted by Crippen LogP contribution is -2.26. The highest BCUT2D eigenvalue weighted by Gasteiger charge is 2.10. The van der Waals surface area contributed by atoms with E-state index in [1.54, 1.807) is 0 Å². The van der Waals surface area contributed by atoms with Gasteiger partial charge in [-0.05, 0) is 51.2 Å². The van der Waals surface area contributed by atoms with Crippen molar-refractivity contribution in [3.8, 4) is 0 Å². The normalized spacial score (nSPS) is 15.1. The van der Waals surface area contributed by atoms with E-state index in [0.717, 1.165) is 29.5 Å². The Morgan fingerprint density at radius 2 is 2.11 bits per heavy atom. The lowest BCUT2D eigenvalue weighted by molar-refractivity contribution is 0.0956. The highest BCUT2D eigenvalue weighted by Crippen LogP contribution is 2.17. The molecule has 1 aliphatic rings. The second-order valence-electron chi connectivity index (χ2n) is 5.11. The molecule has 1 aromatic carbocycles. The van der Waals surface area contributed by atoms with Gasteiger partial charge in [-0.15, -0.1) is 0 Å². The van der Waals surface area contributed by atoms with E-state index in [-0.39, 0.29) is 5.91 Å². The van der Waals surface area contributed by atoms with Gasteiger partial charge in [-0.25, -0.2) is 0 Å². The van der Waals surface area contributed by atoms with Crippen molar-refractivity contribution >= 4 is 5.91 Å². The van der Waals surface area contributed by atoms with Crippen molar-refractivity contribution in [2.45, 2.75) is 39.5 Å². The standard InChI is InChI=1S/C16H21NO/c1-12-8-9-13(2)15(10-12)16(18)17-11-14-6-4-3-5-7-14/h6,8-10H,3-5,7,11H2,1-2H3,(H,17,18). The fourth-order valence-electron chi connectivity index (χ4n) is 2.33. The minimum absolute atomic E-state index is 0.0441. The first-order chi connectivity index (χ1) is 8.66. The van der Waals surface area contributed by atoms with E-state index in [1.807, 2.05) is 32.0 Å². The maximum Gasteiger partial charge on any atom is 0.251 e. The third-order valence-electron chi connectivity index (χ3n) is 3.50. The Bertz CT molecular complexity index is 474. The van der Waals surface area contributed by atoms with Gasteiger partial charge in [0.15, 0.2) is 0 Å². The summed E-state index contributed by atoms with van der Waals surface area (Å²) in [5, 5.41) is 3.03. The van der Waals surface area contributed by atoms with Crippen LogP contribution in [0.15, 0.2) is 29.8 Å². The molecule has 96 valence electrons. The Morgan fingerprint density at radius 1 is 1.28 bits per heavy atom. The molecule has 0 radical (unpaired) electrons. The van der Waals surface area contributed by atoms with Crippen molar-refractivity contribution in [2.75, 3.05) is 6.54 Å². The number of benzene rings is 1. The van der Waals surface area contributed by atoms with Crippen LogP contribution in [0.4, 0.5) is 0 Å². The minimum Gasteiger partial charge on any atom is -0.348 e. The van der Waals surface area contributed by atoms with Crippen LogP contribution in [0.2, 0.25) is 0 Å². The van der Waals surface area contributed by atoms with E-state index in [2.05, 4.69) is 11.4 Å². The van der Waals surface area contributed by atoms with E-state index in [4.69, 9.17) is 0 Å². The van der Waals surface area contributed by atoms with Gasteiger partial charge in [-0.3, -0.25) is 4.79 Å². The van der Waals surface area contributed by atoms with E-state index >= 15 is 0 Å². The quantitative estimate of drug-likeness (QED) is 0.808. The summed E-state index contributed by atoms with van der Waals surface area (Å²) in [6.45, 7) is 4.69. The number of allylic oxidation sites excluding steroid dienone is 1. The predicted octanol–water partition coefficient (Wildman–Crippen LogP) is 3.53. The summed E-state index contributed by atoms with van der Waals surface area (Å²) in [4.78, 5) is 12.1. The molecule has 2 rings (SSSR count). The number of hydrogen-bond donors (Lipinski definition) is 1. The molecule has 0 spiro atoms. The molecule has 1 aromatic rings. The van der Waals surface area contributed by atoms with E-state index in [0.29, 0.717) is 6.54 Å². The SMILES string of the molecule is Cc1ccc(C)c(C(=O)NCC2=CCCCC2)c1. The molecule has 1 aliphatic carbocycles. The molecule has 0 bridgehead atoms. The Balaban J connectivity index is 1.99. The summed E-state index contributed by atoms with van der Waals surface area (Å²) in [6.07, 6.45) is 7.11. The van der Waals surface area contributed by atoms with E-state index < -0.39 is 0 Å². The van der Waals surface area contributed by atoms with Gasteiger partial charge in [0.25, 0.3) is 5.91 Å². The summed E-state index contributed by atoms with van der Waals surface area (Å²) in [5.41, 5.74) is 4.34. The van der Waals surface area contributed by atoms with Crippen LogP contribution >= 0.6 is 0 Å². The number of aryl methyl sites for hydroxylation is 2. The molecular weight excluding hydrogens is 222 g/mol. The van der Waals surface area contributed by atoms with Gasteiger partial charge in [0.05, 0.1) is 0 Å². The van der Waals surface area contributed by atoms with Crippen molar-refractivity contribution in [3.63, 3.8) is 0 Å².